The quantitative estimate of drug-likeness (QED) is 0.786. The summed E-state index contributed by atoms with van der Waals surface area (Å²) in [5.41, 5.74) is 3.95. The molecule has 0 aliphatic heterocycles. The number of benzene rings is 1. The van der Waals surface area contributed by atoms with Gasteiger partial charge in [0.25, 0.3) is 0 Å². The Morgan fingerprint density at radius 2 is 2.10 bits per heavy atom. The summed E-state index contributed by atoms with van der Waals surface area (Å²) < 4.78 is 6.93. The van der Waals surface area contributed by atoms with Crippen molar-refractivity contribution in [1.82, 2.24) is 9.78 Å². The summed E-state index contributed by atoms with van der Waals surface area (Å²) in [4.78, 5) is 12.3. The van der Waals surface area contributed by atoms with Crippen LogP contribution in [0.1, 0.15) is 34.2 Å². The summed E-state index contributed by atoms with van der Waals surface area (Å²) in [7, 11) is 1.60. The second-order valence-corrected chi connectivity index (χ2v) is 4.82. The standard InChI is InChI=1S/C16H20N2O2/c1-5-15-11(2)17-18(12(15)3)10-16(19)13-7-6-8-14(9-13)20-4/h6-9H,5,10H2,1-4H3. The molecule has 2 aromatic rings. The summed E-state index contributed by atoms with van der Waals surface area (Å²) >= 11 is 0. The number of Topliss-reactive ketones (excluding diaryl/α,β-unsaturated/α-hetero) is 1. The lowest BCUT2D eigenvalue weighted by Crippen LogP contribution is -2.13. The van der Waals surface area contributed by atoms with E-state index >= 15 is 0 Å². The van der Waals surface area contributed by atoms with Crippen molar-refractivity contribution in [3.05, 3.63) is 46.8 Å². The molecular weight excluding hydrogens is 252 g/mol. The first kappa shape index (κ1) is 14.3. The fourth-order valence-electron chi connectivity index (χ4n) is 2.42. The predicted octanol–water partition coefficient (Wildman–Crippen LogP) is 2.95. The van der Waals surface area contributed by atoms with Crippen LogP contribution in [0.15, 0.2) is 24.3 Å². The van der Waals surface area contributed by atoms with E-state index in [1.165, 1.54) is 5.56 Å². The molecule has 0 atom stereocenters. The molecule has 106 valence electrons. The molecule has 20 heavy (non-hydrogen) atoms. The van der Waals surface area contributed by atoms with Crippen LogP contribution in [0, 0.1) is 13.8 Å². The Labute approximate surface area is 119 Å². The van der Waals surface area contributed by atoms with Crippen molar-refractivity contribution in [1.29, 1.82) is 0 Å². The topological polar surface area (TPSA) is 44.1 Å². The molecule has 2 rings (SSSR count). The van der Waals surface area contributed by atoms with Crippen LogP contribution >= 0.6 is 0 Å². The first-order valence-corrected chi connectivity index (χ1v) is 6.77. The number of aryl methyl sites for hydroxylation is 1. The number of hydrogen-bond donors (Lipinski definition) is 0. The second-order valence-electron chi connectivity index (χ2n) is 4.82. The molecule has 0 radical (unpaired) electrons. The van der Waals surface area contributed by atoms with E-state index in [0.717, 1.165) is 17.8 Å². The highest BCUT2D eigenvalue weighted by atomic mass is 16.5. The zero-order valence-electron chi connectivity index (χ0n) is 12.4. The number of aromatic nitrogens is 2. The Hall–Kier alpha value is -2.10. The molecule has 1 aromatic heterocycles. The van der Waals surface area contributed by atoms with Gasteiger partial charge in [-0.2, -0.15) is 5.10 Å². The number of carbonyl (C=O) groups excluding carboxylic acids is 1. The van der Waals surface area contributed by atoms with E-state index in [2.05, 4.69) is 12.0 Å². The van der Waals surface area contributed by atoms with Crippen molar-refractivity contribution >= 4 is 5.78 Å². The van der Waals surface area contributed by atoms with Gasteiger partial charge < -0.3 is 4.74 Å². The highest BCUT2D eigenvalue weighted by Crippen LogP contribution is 2.16. The van der Waals surface area contributed by atoms with Gasteiger partial charge in [-0.3, -0.25) is 9.48 Å². The summed E-state index contributed by atoms with van der Waals surface area (Å²) in [6, 6.07) is 7.21. The summed E-state index contributed by atoms with van der Waals surface area (Å²) in [6.45, 7) is 6.36. The molecule has 0 fully saturated rings. The maximum absolute atomic E-state index is 12.3. The van der Waals surface area contributed by atoms with Crippen LogP contribution < -0.4 is 4.74 Å². The van der Waals surface area contributed by atoms with Crippen LogP contribution in [0.3, 0.4) is 0 Å². The van der Waals surface area contributed by atoms with E-state index in [9.17, 15) is 4.79 Å². The second kappa shape index (κ2) is 5.90. The van der Waals surface area contributed by atoms with E-state index in [1.54, 1.807) is 23.9 Å². The van der Waals surface area contributed by atoms with Crippen LogP contribution in [0.4, 0.5) is 0 Å². The van der Waals surface area contributed by atoms with E-state index in [4.69, 9.17) is 4.74 Å². The third-order valence-electron chi connectivity index (χ3n) is 3.57. The highest BCUT2D eigenvalue weighted by Gasteiger charge is 2.14. The smallest absolute Gasteiger partial charge is 0.184 e. The molecular formula is C16H20N2O2. The number of ketones is 1. The van der Waals surface area contributed by atoms with Gasteiger partial charge in [0.1, 0.15) is 12.3 Å². The molecule has 0 aliphatic rings. The van der Waals surface area contributed by atoms with Gasteiger partial charge in [0.15, 0.2) is 5.78 Å². The minimum absolute atomic E-state index is 0.0390. The number of ether oxygens (including phenoxy) is 1. The first-order valence-electron chi connectivity index (χ1n) is 6.77. The van der Waals surface area contributed by atoms with Crippen LogP contribution in [-0.2, 0) is 13.0 Å². The monoisotopic (exact) mass is 272 g/mol. The molecule has 1 heterocycles. The average Bonchev–Trinajstić information content (AvgIpc) is 2.73. The van der Waals surface area contributed by atoms with E-state index in [-0.39, 0.29) is 12.3 Å². The summed E-state index contributed by atoms with van der Waals surface area (Å²) in [6.07, 6.45) is 0.936. The molecule has 0 saturated carbocycles. The normalized spacial score (nSPS) is 10.6. The zero-order valence-corrected chi connectivity index (χ0v) is 12.4. The number of rotatable bonds is 5. The van der Waals surface area contributed by atoms with Gasteiger partial charge in [-0.25, -0.2) is 0 Å². The molecule has 0 saturated heterocycles. The number of nitrogens with zero attached hydrogens (tertiary/aromatic N) is 2. The molecule has 0 bridgehead atoms. The third kappa shape index (κ3) is 2.74. The number of hydrogen-bond acceptors (Lipinski definition) is 3. The first-order chi connectivity index (χ1) is 9.56. The summed E-state index contributed by atoms with van der Waals surface area (Å²) in [5.74, 6) is 0.732. The maximum Gasteiger partial charge on any atom is 0.184 e. The fourth-order valence-corrected chi connectivity index (χ4v) is 2.42. The fraction of sp³-hybridized carbons (Fsp3) is 0.375. The molecule has 0 aliphatic carbocycles. The van der Waals surface area contributed by atoms with Crippen LogP contribution in [0.5, 0.6) is 5.75 Å². The van der Waals surface area contributed by atoms with Crippen LogP contribution in [0.2, 0.25) is 0 Å². The van der Waals surface area contributed by atoms with E-state index in [0.29, 0.717) is 11.3 Å². The van der Waals surface area contributed by atoms with Crippen molar-refractivity contribution in [2.75, 3.05) is 7.11 Å². The maximum atomic E-state index is 12.3. The van der Waals surface area contributed by atoms with Gasteiger partial charge in [0.2, 0.25) is 0 Å². The molecule has 1 aromatic carbocycles. The van der Waals surface area contributed by atoms with Crippen molar-refractivity contribution in [2.45, 2.75) is 33.7 Å². The zero-order chi connectivity index (χ0) is 14.7. The molecule has 0 unspecified atom stereocenters. The molecule has 0 amide bonds. The Morgan fingerprint density at radius 3 is 2.70 bits per heavy atom. The Balaban J connectivity index is 2.23. The van der Waals surface area contributed by atoms with Crippen molar-refractivity contribution in [3.8, 4) is 5.75 Å². The SMILES string of the molecule is CCc1c(C)nn(CC(=O)c2cccc(OC)c2)c1C. The average molecular weight is 272 g/mol. The molecule has 4 heteroatoms. The third-order valence-corrected chi connectivity index (χ3v) is 3.57. The van der Waals surface area contributed by atoms with Gasteiger partial charge >= 0.3 is 0 Å². The van der Waals surface area contributed by atoms with E-state index in [1.807, 2.05) is 26.0 Å². The van der Waals surface area contributed by atoms with Crippen molar-refractivity contribution in [2.24, 2.45) is 0 Å². The van der Waals surface area contributed by atoms with Gasteiger partial charge in [0, 0.05) is 11.3 Å². The lowest BCUT2D eigenvalue weighted by Gasteiger charge is -2.06. The lowest BCUT2D eigenvalue weighted by molar-refractivity contribution is 0.0966. The largest absolute Gasteiger partial charge is 0.497 e. The highest BCUT2D eigenvalue weighted by molar-refractivity contribution is 5.96. The predicted molar refractivity (Wildman–Crippen MR) is 78.4 cm³/mol. The summed E-state index contributed by atoms with van der Waals surface area (Å²) in [5, 5.41) is 4.45. The molecule has 4 nitrogen and oxygen atoms in total. The Bertz CT molecular complexity index is 629. The Kier molecular flexibility index (Phi) is 4.23. The van der Waals surface area contributed by atoms with Gasteiger partial charge in [-0.05, 0) is 38.0 Å². The van der Waals surface area contributed by atoms with Crippen LogP contribution in [0.25, 0.3) is 0 Å². The molecule has 0 spiro atoms. The lowest BCUT2D eigenvalue weighted by atomic mass is 10.1. The number of methoxy groups -OCH3 is 1. The van der Waals surface area contributed by atoms with Gasteiger partial charge in [-0.15, -0.1) is 0 Å². The van der Waals surface area contributed by atoms with Crippen LogP contribution in [-0.4, -0.2) is 22.7 Å². The van der Waals surface area contributed by atoms with E-state index < -0.39 is 0 Å². The minimum atomic E-state index is 0.0390. The number of carbonyl (C=O) groups is 1. The van der Waals surface area contributed by atoms with Crippen molar-refractivity contribution < 1.29 is 9.53 Å². The van der Waals surface area contributed by atoms with Gasteiger partial charge in [-0.1, -0.05) is 19.1 Å². The van der Waals surface area contributed by atoms with Crippen molar-refractivity contribution in [3.63, 3.8) is 0 Å². The van der Waals surface area contributed by atoms with Gasteiger partial charge in [0.05, 0.1) is 12.8 Å². The minimum Gasteiger partial charge on any atom is -0.497 e. The Morgan fingerprint density at radius 1 is 1.35 bits per heavy atom. The molecule has 0 N–H and O–H groups in total.